The summed E-state index contributed by atoms with van der Waals surface area (Å²) in [7, 11) is 0. The second kappa shape index (κ2) is 7.95. The lowest BCUT2D eigenvalue weighted by Gasteiger charge is -2.21. The Labute approximate surface area is 140 Å². The van der Waals surface area contributed by atoms with E-state index in [1.54, 1.807) is 27.7 Å². The number of aliphatic hydroxyl groups excluding tert-OH is 2. The van der Waals surface area contributed by atoms with Gasteiger partial charge in [0, 0.05) is 17.1 Å². The van der Waals surface area contributed by atoms with E-state index in [0.29, 0.717) is 10.6 Å². The van der Waals surface area contributed by atoms with Crippen LogP contribution in [-0.4, -0.2) is 34.6 Å². The van der Waals surface area contributed by atoms with Crippen LogP contribution in [0.2, 0.25) is 5.02 Å². The molecule has 1 amide bonds. The first kappa shape index (κ1) is 19.7. The van der Waals surface area contributed by atoms with Crippen LogP contribution in [0.1, 0.15) is 44.4 Å². The maximum atomic E-state index is 13.9. The quantitative estimate of drug-likeness (QED) is 0.764. The molecule has 2 unspecified atom stereocenters. The van der Waals surface area contributed by atoms with E-state index < -0.39 is 29.7 Å². The van der Waals surface area contributed by atoms with Gasteiger partial charge in [-0.2, -0.15) is 0 Å². The molecule has 3 N–H and O–H groups in total. The molecule has 1 aromatic rings. The van der Waals surface area contributed by atoms with Crippen LogP contribution in [-0.2, 0) is 4.74 Å². The Bertz CT molecular complexity index is 560. The largest absolute Gasteiger partial charge is 0.444 e. The molecule has 0 spiro atoms. The first-order valence-electron chi connectivity index (χ1n) is 7.30. The summed E-state index contributed by atoms with van der Waals surface area (Å²) in [5.74, 6) is -0.640. The Morgan fingerprint density at radius 1 is 1.39 bits per heavy atom. The average Bonchev–Trinajstić information content (AvgIpc) is 2.40. The maximum Gasteiger partial charge on any atom is 0.407 e. The molecule has 0 radical (unpaired) electrons. The normalized spacial score (nSPS) is 14.3. The summed E-state index contributed by atoms with van der Waals surface area (Å²) in [6.07, 6.45) is -3.28. The van der Waals surface area contributed by atoms with Crippen molar-refractivity contribution in [2.24, 2.45) is 0 Å². The van der Waals surface area contributed by atoms with Gasteiger partial charge in [-0.1, -0.05) is 11.6 Å². The third kappa shape index (κ3) is 6.33. The molecular formula is C16H23ClFNO4. The summed E-state index contributed by atoms with van der Waals surface area (Å²) < 4.78 is 18.9. The first-order valence-corrected chi connectivity index (χ1v) is 7.67. The monoisotopic (exact) mass is 347 g/mol. The SMILES string of the molecule is Cc1cc(F)c(C(O)C(O)CCNC(=O)OC(C)(C)C)cc1Cl. The number of carbonyl (C=O) groups excluding carboxylic acids is 1. The highest BCUT2D eigenvalue weighted by atomic mass is 35.5. The molecule has 0 heterocycles. The Kier molecular flexibility index (Phi) is 6.80. The van der Waals surface area contributed by atoms with Crippen molar-refractivity contribution in [1.29, 1.82) is 0 Å². The topological polar surface area (TPSA) is 78.8 Å². The summed E-state index contributed by atoms with van der Waals surface area (Å²) in [6.45, 7) is 6.91. The molecule has 0 saturated heterocycles. The highest BCUT2D eigenvalue weighted by Crippen LogP contribution is 2.27. The predicted octanol–water partition coefficient (Wildman–Crippen LogP) is 3.10. The highest BCUT2D eigenvalue weighted by molar-refractivity contribution is 6.31. The standard InChI is InChI=1S/C16H23ClFNO4/c1-9-7-12(18)10(8-11(9)17)14(21)13(20)5-6-19-15(22)23-16(2,3)4/h7-8,13-14,20-21H,5-6H2,1-4H3,(H,19,22). The molecule has 130 valence electrons. The zero-order valence-electron chi connectivity index (χ0n) is 13.7. The molecule has 5 nitrogen and oxygen atoms in total. The minimum absolute atomic E-state index is 0.0331. The van der Waals surface area contributed by atoms with E-state index in [0.717, 1.165) is 0 Å². The zero-order valence-corrected chi connectivity index (χ0v) is 14.4. The lowest BCUT2D eigenvalue weighted by Crippen LogP contribution is -2.34. The fourth-order valence-electron chi connectivity index (χ4n) is 1.89. The molecule has 1 rings (SSSR count). The number of rotatable bonds is 5. The summed E-state index contributed by atoms with van der Waals surface area (Å²) >= 11 is 5.91. The van der Waals surface area contributed by atoms with Crippen LogP contribution in [0.5, 0.6) is 0 Å². The number of alkyl carbamates (subject to hydrolysis) is 1. The van der Waals surface area contributed by atoms with Crippen LogP contribution >= 0.6 is 11.6 Å². The van der Waals surface area contributed by atoms with E-state index in [9.17, 15) is 19.4 Å². The maximum absolute atomic E-state index is 13.9. The summed E-state index contributed by atoms with van der Waals surface area (Å²) in [5, 5.41) is 22.8. The van der Waals surface area contributed by atoms with Gasteiger partial charge in [0.2, 0.25) is 0 Å². The van der Waals surface area contributed by atoms with E-state index >= 15 is 0 Å². The molecule has 0 aliphatic carbocycles. The van der Waals surface area contributed by atoms with Crippen molar-refractivity contribution in [2.45, 2.75) is 51.9 Å². The van der Waals surface area contributed by atoms with E-state index in [2.05, 4.69) is 5.32 Å². The highest BCUT2D eigenvalue weighted by Gasteiger charge is 2.23. The minimum atomic E-state index is -1.44. The van der Waals surface area contributed by atoms with Crippen LogP contribution in [0.4, 0.5) is 9.18 Å². The van der Waals surface area contributed by atoms with E-state index in [1.165, 1.54) is 12.1 Å². The molecule has 7 heteroatoms. The Morgan fingerprint density at radius 3 is 2.57 bits per heavy atom. The van der Waals surface area contributed by atoms with Crippen LogP contribution in [0.3, 0.4) is 0 Å². The van der Waals surface area contributed by atoms with Gasteiger partial charge in [0.15, 0.2) is 0 Å². The van der Waals surface area contributed by atoms with Gasteiger partial charge in [-0.3, -0.25) is 0 Å². The van der Waals surface area contributed by atoms with Crippen LogP contribution in [0.15, 0.2) is 12.1 Å². The van der Waals surface area contributed by atoms with Crippen LogP contribution in [0, 0.1) is 12.7 Å². The molecule has 1 aromatic carbocycles. The van der Waals surface area contributed by atoms with Gasteiger partial charge in [0.1, 0.15) is 17.5 Å². The molecule has 0 aliphatic rings. The number of benzene rings is 1. The van der Waals surface area contributed by atoms with Crippen LogP contribution in [0.25, 0.3) is 0 Å². The lowest BCUT2D eigenvalue weighted by atomic mass is 10.0. The Balaban J connectivity index is 2.57. The number of aliphatic hydroxyl groups is 2. The van der Waals surface area contributed by atoms with Crippen molar-refractivity contribution < 1.29 is 24.1 Å². The summed E-state index contributed by atoms with van der Waals surface area (Å²) in [6, 6.07) is 2.49. The average molecular weight is 348 g/mol. The fourth-order valence-corrected chi connectivity index (χ4v) is 2.06. The molecule has 0 bridgehead atoms. The van der Waals surface area contributed by atoms with Crippen LogP contribution < -0.4 is 5.32 Å². The molecule has 0 fully saturated rings. The van der Waals surface area contributed by atoms with Gasteiger partial charge in [-0.05, 0) is 51.8 Å². The number of nitrogens with one attached hydrogen (secondary N) is 1. The number of halogens is 2. The number of carbonyl (C=O) groups is 1. The molecule has 23 heavy (non-hydrogen) atoms. The van der Waals surface area contributed by atoms with Crippen molar-refractivity contribution >= 4 is 17.7 Å². The number of amides is 1. The molecular weight excluding hydrogens is 325 g/mol. The third-order valence-corrected chi connectivity index (χ3v) is 3.48. The number of aryl methyl sites for hydroxylation is 1. The van der Waals surface area contributed by atoms with E-state index in [1.807, 2.05) is 0 Å². The lowest BCUT2D eigenvalue weighted by molar-refractivity contribution is 0.0104. The van der Waals surface area contributed by atoms with Gasteiger partial charge < -0.3 is 20.3 Å². The second-order valence-electron chi connectivity index (χ2n) is 6.35. The molecule has 0 saturated carbocycles. The number of ether oxygens (including phenoxy) is 1. The summed E-state index contributed by atoms with van der Waals surface area (Å²) in [4.78, 5) is 11.5. The van der Waals surface area contributed by atoms with Gasteiger partial charge in [-0.15, -0.1) is 0 Å². The predicted molar refractivity (Wildman–Crippen MR) is 86.0 cm³/mol. The van der Waals surface area contributed by atoms with Gasteiger partial charge in [0.25, 0.3) is 0 Å². The molecule has 0 aliphatic heterocycles. The van der Waals surface area contributed by atoms with Crippen molar-refractivity contribution in [3.05, 3.63) is 34.1 Å². The third-order valence-electron chi connectivity index (χ3n) is 3.07. The van der Waals surface area contributed by atoms with E-state index in [-0.39, 0.29) is 18.5 Å². The van der Waals surface area contributed by atoms with Crippen molar-refractivity contribution in [1.82, 2.24) is 5.32 Å². The molecule has 2 atom stereocenters. The number of hydrogen-bond acceptors (Lipinski definition) is 4. The van der Waals surface area contributed by atoms with Gasteiger partial charge >= 0.3 is 6.09 Å². The Morgan fingerprint density at radius 2 is 2.00 bits per heavy atom. The van der Waals surface area contributed by atoms with Crippen molar-refractivity contribution in [3.63, 3.8) is 0 Å². The van der Waals surface area contributed by atoms with Gasteiger partial charge in [-0.25, -0.2) is 9.18 Å². The minimum Gasteiger partial charge on any atom is -0.444 e. The van der Waals surface area contributed by atoms with Crippen molar-refractivity contribution in [3.8, 4) is 0 Å². The van der Waals surface area contributed by atoms with E-state index in [4.69, 9.17) is 16.3 Å². The number of hydrogen-bond donors (Lipinski definition) is 3. The second-order valence-corrected chi connectivity index (χ2v) is 6.76. The Hall–Kier alpha value is -1.37. The first-order chi connectivity index (χ1) is 10.5. The fraction of sp³-hybridized carbons (Fsp3) is 0.562. The smallest absolute Gasteiger partial charge is 0.407 e. The zero-order chi connectivity index (χ0) is 17.8. The molecule has 0 aromatic heterocycles. The summed E-state index contributed by atoms with van der Waals surface area (Å²) in [5.41, 5.74) is -0.157. The van der Waals surface area contributed by atoms with Crippen molar-refractivity contribution in [2.75, 3.05) is 6.54 Å². The van der Waals surface area contributed by atoms with Gasteiger partial charge in [0.05, 0.1) is 6.10 Å².